The molecule has 1 aromatic rings. The number of benzene rings is 1. The van der Waals surface area contributed by atoms with Crippen LogP contribution in [0.3, 0.4) is 0 Å². The minimum atomic E-state index is -0.363. The van der Waals surface area contributed by atoms with E-state index in [1.54, 1.807) is 13.2 Å². The molecule has 0 aromatic heterocycles. The number of ketones is 1. The van der Waals surface area contributed by atoms with Crippen molar-refractivity contribution in [3.05, 3.63) is 54.3 Å². The Kier molecular flexibility index (Phi) is 4.18. The third-order valence-corrected chi connectivity index (χ3v) is 2.61. The van der Waals surface area contributed by atoms with Gasteiger partial charge in [-0.3, -0.25) is 0 Å². The van der Waals surface area contributed by atoms with Gasteiger partial charge >= 0.3 is 0 Å². The topological polar surface area (TPSA) is 35.5 Å². The monoisotopic (exact) mass is 244 g/mol. The summed E-state index contributed by atoms with van der Waals surface area (Å²) in [4.78, 5) is 10.9. The van der Waals surface area contributed by atoms with Gasteiger partial charge in [-0.1, -0.05) is 18.2 Å². The second kappa shape index (κ2) is 6.05. The van der Waals surface area contributed by atoms with Crippen LogP contribution in [0, 0.1) is 0 Å². The van der Waals surface area contributed by atoms with Crippen LogP contribution in [-0.4, -0.2) is 12.1 Å². The van der Waals surface area contributed by atoms with Crippen molar-refractivity contribution in [1.29, 1.82) is 0 Å². The fourth-order valence-electron chi connectivity index (χ4n) is 1.62. The molecule has 0 saturated heterocycles. The van der Waals surface area contributed by atoms with Crippen LogP contribution in [0.2, 0.25) is 0 Å². The summed E-state index contributed by atoms with van der Waals surface area (Å²) in [6, 6.07) is 7.73. The summed E-state index contributed by atoms with van der Waals surface area (Å²) < 4.78 is 10.9. The Morgan fingerprint density at radius 3 is 2.67 bits per heavy atom. The van der Waals surface area contributed by atoms with E-state index in [1.165, 1.54) is 0 Å². The van der Waals surface area contributed by atoms with Crippen molar-refractivity contribution >= 4 is 5.78 Å². The highest BCUT2D eigenvalue weighted by Gasteiger charge is 2.07. The zero-order valence-corrected chi connectivity index (χ0v) is 10.3. The number of rotatable bonds is 5. The second-order valence-corrected chi connectivity index (χ2v) is 4.18. The summed E-state index contributed by atoms with van der Waals surface area (Å²) in [6.07, 6.45) is 8.13. The van der Waals surface area contributed by atoms with Crippen LogP contribution in [0.1, 0.15) is 18.9 Å². The first-order chi connectivity index (χ1) is 8.74. The zero-order valence-electron chi connectivity index (χ0n) is 10.3. The molecule has 1 unspecified atom stereocenters. The molecule has 1 heterocycles. The van der Waals surface area contributed by atoms with Crippen LogP contribution < -0.4 is 4.74 Å². The fourth-order valence-corrected chi connectivity index (χ4v) is 1.62. The maximum absolute atomic E-state index is 10.9. The van der Waals surface area contributed by atoms with Crippen molar-refractivity contribution in [2.45, 2.75) is 26.1 Å². The van der Waals surface area contributed by atoms with Crippen LogP contribution in [-0.2, 0) is 16.0 Å². The SMILES string of the molecule is CC(=O)CCc1ccc(OC2C=CC=CO2)cc1. The molecule has 0 radical (unpaired) electrons. The van der Waals surface area contributed by atoms with Gasteiger partial charge in [0.15, 0.2) is 0 Å². The highest BCUT2D eigenvalue weighted by Crippen LogP contribution is 2.17. The van der Waals surface area contributed by atoms with E-state index < -0.39 is 0 Å². The van der Waals surface area contributed by atoms with Crippen molar-refractivity contribution in [3.63, 3.8) is 0 Å². The van der Waals surface area contributed by atoms with Crippen LogP contribution in [0.15, 0.2) is 48.8 Å². The lowest BCUT2D eigenvalue weighted by atomic mass is 10.1. The van der Waals surface area contributed by atoms with E-state index in [4.69, 9.17) is 9.47 Å². The standard InChI is InChI=1S/C15H16O3/c1-12(16)5-6-13-7-9-14(10-8-13)18-15-4-2-3-11-17-15/h2-4,7-11,15H,5-6H2,1H3. The van der Waals surface area contributed by atoms with Gasteiger partial charge in [-0.2, -0.15) is 0 Å². The first-order valence-electron chi connectivity index (χ1n) is 5.98. The minimum absolute atomic E-state index is 0.211. The summed E-state index contributed by atoms with van der Waals surface area (Å²) in [5.41, 5.74) is 1.14. The molecular weight excluding hydrogens is 228 g/mol. The molecular formula is C15H16O3. The molecule has 0 spiro atoms. The smallest absolute Gasteiger partial charge is 0.260 e. The van der Waals surface area contributed by atoms with E-state index in [0.717, 1.165) is 17.7 Å². The number of aryl methyl sites for hydroxylation is 1. The Morgan fingerprint density at radius 1 is 1.28 bits per heavy atom. The quantitative estimate of drug-likeness (QED) is 0.798. The van der Waals surface area contributed by atoms with Crippen LogP contribution in [0.5, 0.6) is 5.75 Å². The van der Waals surface area contributed by atoms with Crippen LogP contribution in [0.4, 0.5) is 0 Å². The number of ether oxygens (including phenoxy) is 2. The van der Waals surface area contributed by atoms with Crippen molar-refractivity contribution in [1.82, 2.24) is 0 Å². The van der Waals surface area contributed by atoms with Gasteiger partial charge in [-0.05, 0) is 43.2 Å². The lowest BCUT2D eigenvalue weighted by molar-refractivity contribution is -0.116. The molecule has 1 aliphatic rings. The Balaban J connectivity index is 1.89. The summed E-state index contributed by atoms with van der Waals surface area (Å²) in [7, 11) is 0. The van der Waals surface area contributed by atoms with Gasteiger partial charge in [-0.15, -0.1) is 0 Å². The van der Waals surface area contributed by atoms with Gasteiger partial charge in [-0.25, -0.2) is 0 Å². The minimum Gasteiger partial charge on any atom is -0.459 e. The van der Waals surface area contributed by atoms with E-state index in [2.05, 4.69) is 0 Å². The number of Topliss-reactive ketones (excluding diaryl/α,β-unsaturated/α-hetero) is 1. The molecule has 94 valence electrons. The van der Waals surface area contributed by atoms with Gasteiger partial charge in [0, 0.05) is 6.42 Å². The van der Waals surface area contributed by atoms with Crippen LogP contribution in [0.25, 0.3) is 0 Å². The Labute approximate surface area is 107 Å². The van der Waals surface area contributed by atoms with E-state index in [9.17, 15) is 4.79 Å². The largest absolute Gasteiger partial charge is 0.459 e. The molecule has 1 atom stereocenters. The predicted octanol–water partition coefficient (Wildman–Crippen LogP) is 3.01. The van der Waals surface area contributed by atoms with Crippen LogP contribution >= 0.6 is 0 Å². The Morgan fingerprint density at radius 2 is 2.06 bits per heavy atom. The van der Waals surface area contributed by atoms with E-state index in [1.807, 2.05) is 42.5 Å². The van der Waals surface area contributed by atoms with Crippen molar-refractivity contribution < 1.29 is 14.3 Å². The van der Waals surface area contributed by atoms with E-state index in [0.29, 0.717) is 6.42 Å². The van der Waals surface area contributed by atoms with Gasteiger partial charge in [0.1, 0.15) is 11.5 Å². The molecule has 0 amide bonds. The molecule has 0 saturated carbocycles. The molecule has 3 heteroatoms. The zero-order chi connectivity index (χ0) is 12.8. The summed E-state index contributed by atoms with van der Waals surface area (Å²) in [6.45, 7) is 1.61. The molecule has 0 bridgehead atoms. The first kappa shape index (κ1) is 12.4. The van der Waals surface area contributed by atoms with Crippen molar-refractivity contribution in [2.24, 2.45) is 0 Å². The van der Waals surface area contributed by atoms with Crippen molar-refractivity contribution in [3.8, 4) is 5.75 Å². The molecule has 0 fully saturated rings. The average Bonchev–Trinajstić information content (AvgIpc) is 2.39. The van der Waals surface area contributed by atoms with Crippen molar-refractivity contribution in [2.75, 3.05) is 0 Å². The summed E-state index contributed by atoms with van der Waals surface area (Å²) in [5.74, 6) is 0.967. The van der Waals surface area contributed by atoms with E-state index >= 15 is 0 Å². The number of carbonyl (C=O) groups is 1. The Bertz CT molecular complexity index is 457. The molecule has 1 aromatic carbocycles. The van der Waals surface area contributed by atoms with Gasteiger partial charge in [0.2, 0.25) is 0 Å². The average molecular weight is 244 g/mol. The molecule has 1 aliphatic heterocycles. The number of allylic oxidation sites excluding steroid dienone is 2. The molecule has 0 N–H and O–H groups in total. The van der Waals surface area contributed by atoms with E-state index in [-0.39, 0.29) is 12.1 Å². The third kappa shape index (κ3) is 3.77. The molecule has 0 aliphatic carbocycles. The molecule has 3 nitrogen and oxygen atoms in total. The highest BCUT2D eigenvalue weighted by molar-refractivity contribution is 5.75. The summed E-state index contributed by atoms with van der Waals surface area (Å²) >= 11 is 0. The first-order valence-corrected chi connectivity index (χ1v) is 5.98. The lowest BCUT2D eigenvalue weighted by Gasteiger charge is -2.16. The summed E-state index contributed by atoms with van der Waals surface area (Å²) in [5, 5.41) is 0. The molecule has 2 rings (SSSR count). The Hall–Kier alpha value is -2.03. The maximum atomic E-state index is 10.9. The van der Waals surface area contributed by atoms with Gasteiger partial charge < -0.3 is 14.3 Å². The maximum Gasteiger partial charge on any atom is 0.260 e. The number of hydrogen-bond acceptors (Lipinski definition) is 3. The highest BCUT2D eigenvalue weighted by atomic mass is 16.7. The van der Waals surface area contributed by atoms with Gasteiger partial charge in [0.05, 0.1) is 6.26 Å². The molecule has 18 heavy (non-hydrogen) atoms. The van der Waals surface area contributed by atoms with Gasteiger partial charge in [0.25, 0.3) is 6.29 Å². The predicted molar refractivity (Wildman–Crippen MR) is 69.2 cm³/mol. The number of carbonyl (C=O) groups excluding carboxylic acids is 1. The fraction of sp³-hybridized carbons (Fsp3) is 0.267. The number of hydrogen-bond donors (Lipinski definition) is 0. The normalized spacial score (nSPS) is 17.3. The lowest BCUT2D eigenvalue weighted by Crippen LogP contribution is -2.16. The second-order valence-electron chi connectivity index (χ2n) is 4.18. The third-order valence-electron chi connectivity index (χ3n) is 2.61.